The van der Waals surface area contributed by atoms with Crippen LogP contribution in [0.25, 0.3) is 16.8 Å². The van der Waals surface area contributed by atoms with E-state index < -0.39 is 5.91 Å². The molecule has 1 N–H and O–H groups in total. The first-order valence-electron chi connectivity index (χ1n) is 10.4. The summed E-state index contributed by atoms with van der Waals surface area (Å²) in [6.07, 6.45) is 1.60. The molecule has 0 aromatic heterocycles. The largest absolute Gasteiger partial charge is 0.488 e. The van der Waals surface area contributed by atoms with E-state index in [1.54, 1.807) is 18.2 Å². The second-order valence-electron chi connectivity index (χ2n) is 7.61. The number of rotatable bonds is 6. The van der Waals surface area contributed by atoms with Crippen LogP contribution in [0.4, 0.5) is 5.69 Å². The van der Waals surface area contributed by atoms with Gasteiger partial charge in [0.25, 0.3) is 5.91 Å². The van der Waals surface area contributed by atoms with Crippen molar-refractivity contribution >= 4 is 44.4 Å². The Morgan fingerprint density at radius 1 is 1.03 bits per heavy atom. The summed E-state index contributed by atoms with van der Waals surface area (Å²) >= 11 is 3.37. The van der Waals surface area contributed by atoms with Gasteiger partial charge < -0.3 is 10.1 Å². The number of benzene rings is 4. The number of fused-ring (bicyclic) bond motifs is 1. The third kappa shape index (κ3) is 5.49. The van der Waals surface area contributed by atoms with Gasteiger partial charge in [-0.25, -0.2) is 0 Å². The number of nitriles is 1. The van der Waals surface area contributed by atoms with Crippen molar-refractivity contribution in [3.8, 4) is 11.8 Å². The van der Waals surface area contributed by atoms with Gasteiger partial charge in [0.15, 0.2) is 0 Å². The van der Waals surface area contributed by atoms with Crippen molar-refractivity contribution < 1.29 is 9.53 Å². The molecule has 0 aliphatic heterocycles. The number of ether oxygens (including phenoxy) is 1. The lowest BCUT2D eigenvalue weighted by Gasteiger charge is -2.13. The van der Waals surface area contributed by atoms with Crippen LogP contribution in [0, 0.1) is 18.3 Å². The molecule has 0 fully saturated rings. The molecule has 0 atom stereocenters. The van der Waals surface area contributed by atoms with Crippen molar-refractivity contribution in [2.24, 2.45) is 0 Å². The van der Waals surface area contributed by atoms with Crippen molar-refractivity contribution in [1.82, 2.24) is 0 Å². The Morgan fingerprint density at radius 3 is 2.58 bits per heavy atom. The molecule has 0 bridgehead atoms. The highest BCUT2D eigenvalue weighted by atomic mass is 79.9. The van der Waals surface area contributed by atoms with Crippen LogP contribution in [0.2, 0.25) is 0 Å². The van der Waals surface area contributed by atoms with Gasteiger partial charge in [-0.15, -0.1) is 0 Å². The molecule has 0 spiro atoms. The van der Waals surface area contributed by atoms with E-state index in [0.717, 1.165) is 26.4 Å². The molecule has 0 saturated carbocycles. The zero-order valence-electron chi connectivity index (χ0n) is 18.0. The van der Waals surface area contributed by atoms with Crippen LogP contribution >= 0.6 is 15.9 Å². The van der Waals surface area contributed by atoms with Gasteiger partial charge in [0.2, 0.25) is 0 Å². The van der Waals surface area contributed by atoms with Gasteiger partial charge in [0.1, 0.15) is 24.0 Å². The van der Waals surface area contributed by atoms with Crippen LogP contribution < -0.4 is 10.1 Å². The van der Waals surface area contributed by atoms with Crippen LogP contribution in [0.3, 0.4) is 0 Å². The molecular formula is C28H21BrN2O2. The van der Waals surface area contributed by atoms with Crippen LogP contribution in [-0.2, 0) is 11.4 Å². The highest BCUT2D eigenvalue weighted by Crippen LogP contribution is 2.31. The molecule has 4 nitrogen and oxygen atoms in total. The monoisotopic (exact) mass is 496 g/mol. The molecular weight excluding hydrogens is 476 g/mol. The quantitative estimate of drug-likeness (QED) is 0.230. The third-order valence-electron chi connectivity index (χ3n) is 5.16. The van der Waals surface area contributed by atoms with Crippen molar-refractivity contribution in [3.63, 3.8) is 0 Å². The number of anilines is 1. The molecule has 4 aromatic rings. The number of carbonyl (C=O) groups is 1. The summed E-state index contributed by atoms with van der Waals surface area (Å²) in [4.78, 5) is 12.8. The summed E-state index contributed by atoms with van der Waals surface area (Å²) in [6.45, 7) is 2.42. The fourth-order valence-corrected chi connectivity index (χ4v) is 3.80. The number of amides is 1. The molecule has 0 saturated heterocycles. The number of hydrogen-bond acceptors (Lipinski definition) is 3. The maximum absolute atomic E-state index is 12.8. The average Bonchev–Trinajstić information content (AvgIpc) is 2.83. The van der Waals surface area contributed by atoms with Crippen molar-refractivity contribution in [2.45, 2.75) is 13.5 Å². The number of halogens is 1. The first kappa shape index (κ1) is 22.3. The minimum absolute atomic E-state index is 0.00493. The second kappa shape index (κ2) is 10.2. The van der Waals surface area contributed by atoms with E-state index in [4.69, 9.17) is 4.74 Å². The van der Waals surface area contributed by atoms with Crippen molar-refractivity contribution in [3.05, 3.63) is 112 Å². The lowest BCUT2D eigenvalue weighted by Crippen LogP contribution is -2.13. The Morgan fingerprint density at radius 2 is 1.82 bits per heavy atom. The highest BCUT2D eigenvalue weighted by Gasteiger charge is 2.14. The summed E-state index contributed by atoms with van der Waals surface area (Å²) in [5.74, 6) is 0.136. The van der Waals surface area contributed by atoms with Gasteiger partial charge in [-0.3, -0.25) is 4.79 Å². The third-order valence-corrected chi connectivity index (χ3v) is 5.69. The summed E-state index contributed by atoms with van der Waals surface area (Å²) in [5.41, 5.74) is 3.51. The molecule has 4 aromatic carbocycles. The first-order chi connectivity index (χ1) is 16.0. The predicted octanol–water partition coefficient (Wildman–Crippen LogP) is 7.04. The number of aryl methyl sites for hydroxylation is 1. The molecule has 1 amide bonds. The molecule has 0 radical (unpaired) electrons. The molecule has 162 valence electrons. The molecule has 5 heteroatoms. The van der Waals surface area contributed by atoms with Crippen LogP contribution in [0.1, 0.15) is 16.7 Å². The summed E-state index contributed by atoms with van der Waals surface area (Å²) in [6, 6.07) is 29.0. The fourth-order valence-electron chi connectivity index (χ4n) is 3.54. The average molecular weight is 497 g/mol. The fraction of sp³-hybridized carbons (Fsp3) is 0.0714. The zero-order valence-corrected chi connectivity index (χ0v) is 19.6. The van der Waals surface area contributed by atoms with Crippen molar-refractivity contribution in [1.29, 1.82) is 5.26 Å². The number of nitrogens with zero attached hydrogens (tertiary/aromatic N) is 1. The van der Waals surface area contributed by atoms with Gasteiger partial charge in [-0.05, 0) is 59.7 Å². The Balaban J connectivity index is 1.69. The lowest BCUT2D eigenvalue weighted by atomic mass is 10.0. The number of nitrogens with one attached hydrogen (secondary N) is 1. The summed E-state index contributed by atoms with van der Waals surface area (Å²) < 4.78 is 7.06. The zero-order chi connectivity index (χ0) is 23.2. The molecule has 0 aliphatic rings. The van der Waals surface area contributed by atoms with Gasteiger partial charge in [-0.1, -0.05) is 76.1 Å². The molecule has 33 heavy (non-hydrogen) atoms. The molecule has 0 aliphatic carbocycles. The summed E-state index contributed by atoms with van der Waals surface area (Å²) in [5, 5.41) is 14.4. The van der Waals surface area contributed by atoms with Crippen LogP contribution in [0.5, 0.6) is 5.75 Å². The predicted molar refractivity (Wildman–Crippen MR) is 136 cm³/mol. The molecule has 4 rings (SSSR count). The second-order valence-corrected chi connectivity index (χ2v) is 8.52. The Kier molecular flexibility index (Phi) is 6.87. The smallest absolute Gasteiger partial charge is 0.266 e. The summed E-state index contributed by atoms with van der Waals surface area (Å²) in [7, 11) is 0. The Hall–Kier alpha value is -3.88. The SMILES string of the molecule is Cc1cccc(COc2ccc3ccccc3c2/C=C(\C#N)C(=O)Nc2ccc(Br)cc2)c1. The van der Waals surface area contributed by atoms with E-state index in [2.05, 4.69) is 27.3 Å². The standard InChI is InChI=1S/C28H21BrN2O2/c1-19-5-4-6-20(15-19)18-33-27-14-9-21-7-2-3-8-25(21)26(27)16-22(17-30)28(32)31-24-12-10-23(29)11-13-24/h2-16H,18H2,1H3,(H,31,32)/b22-16+. The van der Waals surface area contributed by atoms with Crippen LogP contribution in [-0.4, -0.2) is 5.91 Å². The van der Waals surface area contributed by atoms with E-state index in [0.29, 0.717) is 23.6 Å². The normalized spacial score (nSPS) is 11.1. The van der Waals surface area contributed by atoms with E-state index in [1.807, 2.05) is 79.7 Å². The van der Waals surface area contributed by atoms with E-state index in [9.17, 15) is 10.1 Å². The molecule has 0 unspecified atom stereocenters. The number of hydrogen-bond donors (Lipinski definition) is 1. The minimum Gasteiger partial charge on any atom is -0.488 e. The highest BCUT2D eigenvalue weighted by molar-refractivity contribution is 9.10. The maximum atomic E-state index is 12.8. The van der Waals surface area contributed by atoms with Crippen molar-refractivity contribution in [2.75, 3.05) is 5.32 Å². The van der Waals surface area contributed by atoms with Gasteiger partial charge in [-0.2, -0.15) is 5.26 Å². The Bertz CT molecular complexity index is 1390. The maximum Gasteiger partial charge on any atom is 0.266 e. The Labute approximate surface area is 201 Å². The van der Waals surface area contributed by atoms with E-state index >= 15 is 0 Å². The number of carbonyl (C=O) groups excluding carboxylic acids is 1. The van der Waals surface area contributed by atoms with Gasteiger partial charge >= 0.3 is 0 Å². The van der Waals surface area contributed by atoms with Gasteiger partial charge in [0.05, 0.1) is 0 Å². The lowest BCUT2D eigenvalue weighted by molar-refractivity contribution is -0.112. The first-order valence-corrected chi connectivity index (χ1v) is 11.2. The minimum atomic E-state index is -0.475. The molecule has 0 heterocycles. The van der Waals surface area contributed by atoms with E-state index in [-0.39, 0.29) is 5.57 Å². The van der Waals surface area contributed by atoms with Gasteiger partial charge in [0, 0.05) is 15.7 Å². The topological polar surface area (TPSA) is 62.1 Å². The van der Waals surface area contributed by atoms with E-state index in [1.165, 1.54) is 0 Å². The van der Waals surface area contributed by atoms with Crippen LogP contribution in [0.15, 0.2) is 95.0 Å².